The molecule has 1 aromatic heterocycles. The number of para-hydroxylation sites is 2. The number of hydrogen-bond acceptors (Lipinski definition) is 2. The number of benzene rings is 3. The summed E-state index contributed by atoms with van der Waals surface area (Å²) in [6.07, 6.45) is 1.74. The second-order valence-corrected chi connectivity index (χ2v) is 6.67. The molecule has 0 saturated carbocycles. The van der Waals surface area contributed by atoms with E-state index in [1.165, 1.54) is 0 Å². The summed E-state index contributed by atoms with van der Waals surface area (Å²) in [5, 5.41) is 1.39. The Morgan fingerprint density at radius 3 is 2.35 bits per heavy atom. The molecular formula is C21H15Cl2N3. The molecule has 0 unspecified atom stereocenters. The normalized spacial score (nSPS) is 11.5. The van der Waals surface area contributed by atoms with Gasteiger partial charge in [-0.1, -0.05) is 71.7 Å². The molecule has 0 bridgehead atoms. The average molecular weight is 380 g/mol. The lowest BCUT2D eigenvalue weighted by Crippen LogP contribution is -2.00. The van der Waals surface area contributed by atoms with Crippen molar-refractivity contribution >= 4 is 46.4 Å². The molecule has 0 aliphatic heterocycles. The molecule has 0 saturated heterocycles. The lowest BCUT2D eigenvalue weighted by Gasteiger charge is -2.08. The van der Waals surface area contributed by atoms with E-state index in [2.05, 4.69) is 14.5 Å². The first kappa shape index (κ1) is 16.8. The van der Waals surface area contributed by atoms with Crippen LogP contribution in [0.25, 0.3) is 11.0 Å². The highest BCUT2D eigenvalue weighted by Crippen LogP contribution is 2.26. The molecule has 0 fully saturated rings. The molecule has 1 heterocycles. The maximum Gasteiger partial charge on any atom is 0.230 e. The average Bonchev–Trinajstić information content (AvgIpc) is 3.01. The number of halogens is 2. The van der Waals surface area contributed by atoms with Crippen LogP contribution in [0.3, 0.4) is 0 Å². The maximum atomic E-state index is 6.35. The van der Waals surface area contributed by atoms with Crippen LogP contribution in [0.15, 0.2) is 77.8 Å². The Kier molecular flexibility index (Phi) is 4.74. The number of rotatable bonds is 4. The number of aromatic nitrogens is 2. The highest BCUT2D eigenvalue weighted by molar-refractivity contribution is 6.33. The molecule has 3 nitrogen and oxygen atoms in total. The number of hydrogen-bond donors (Lipinski definition) is 0. The monoisotopic (exact) mass is 379 g/mol. The van der Waals surface area contributed by atoms with Crippen LogP contribution in [-0.2, 0) is 6.54 Å². The molecule has 0 amide bonds. The third kappa shape index (κ3) is 3.36. The van der Waals surface area contributed by atoms with E-state index in [4.69, 9.17) is 23.2 Å². The second kappa shape index (κ2) is 7.32. The SMILES string of the molecule is Clc1ccccc1/C=N/c1nc2ccccc2n1Cc1ccccc1Cl. The van der Waals surface area contributed by atoms with Crippen LogP contribution >= 0.6 is 23.2 Å². The van der Waals surface area contributed by atoms with Crippen molar-refractivity contribution in [2.24, 2.45) is 4.99 Å². The minimum Gasteiger partial charge on any atom is -0.304 e. The van der Waals surface area contributed by atoms with Gasteiger partial charge in [-0.2, -0.15) is 0 Å². The third-order valence-electron chi connectivity index (χ3n) is 4.15. The highest BCUT2D eigenvalue weighted by atomic mass is 35.5. The van der Waals surface area contributed by atoms with Crippen LogP contribution < -0.4 is 0 Å². The summed E-state index contributed by atoms with van der Waals surface area (Å²) in [6.45, 7) is 0.593. The van der Waals surface area contributed by atoms with Crippen LogP contribution in [0.4, 0.5) is 5.95 Å². The van der Waals surface area contributed by atoms with E-state index in [0.717, 1.165) is 27.2 Å². The van der Waals surface area contributed by atoms with Crippen molar-refractivity contribution in [3.8, 4) is 0 Å². The van der Waals surface area contributed by atoms with Crippen molar-refractivity contribution in [3.05, 3.63) is 94.0 Å². The largest absolute Gasteiger partial charge is 0.304 e. The molecule has 128 valence electrons. The van der Waals surface area contributed by atoms with Gasteiger partial charge in [-0.25, -0.2) is 9.98 Å². The van der Waals surface area contributed by atoms with Gasteiger partial charge in [0.15, 0.2) is 0 Å². The van der Waals surface area contributed by atoms with Gasteiger partial charge in [0.1, 0.15) is 0 Å². The number of aliphatic imine (C=N–C) groups is 1. The Labute approximate surface area is 161 Å². The van der Waals surface area contributed by atoms with Crippen molar-refractivity contribution in [1.29, 1.82) is 0 Å². The molecule has 3 aromatic carbocycles. The fourth-order valence-corrected chi connectivity index (χ4v) is 3.20. The Balaban J connectivity index is 1.79. The predicted molar refractivity (Wildman–Crippen MR) is 109 cm³/mol. The molecule has 0 radical (unpaired) electrons. The van der Waals surface area contributed by atoms with Gasteiger partial charge in [-0.05, 0) is 29.8 Å². The van der Waals surface area contributed by atoms with Crippen molar-refractivity contribution in [1.82, 2.24) is 9.55 Å². The Morgan fingerprint density at radius 2 is 1.54 bits per heavy atom. The summed E-state index contributed by atoms with van der Waals surface area (Å²) in [5.41, 5.74) is 3.78. The van der Waals surface area contributed by atoms with E-state index in [-0.39, 0.29) is 0 Å². The molecule has 0 atom stereocenters. The fraction of sp³-hybridized carbons (Fsp3) is 0.0476. The zero-order chi connectivity index (χ0) is 17.9. The molecule has 4 aromatic rings. The van der Waals surface area contributed by atoms with E-state index >= 15 is 0 Å². The number of imidazole rings is 1. The Bertz CT molecular complexity index is 1100. The van der Waals surface area contributed by atoms with Crippen LogP contribution in [0.5, 0.6) is 0 Å². The van der Waals surface area contributed by atoms with Gasteiger partial charge in [0, 0.05) is 21.8 Å². The zero-order valence-corrected chi connectivity index (χ0v) is 15.3. The minimum atomic E-state index is 0.593. The van der Waals surface area contributed by atoms with Crippen molar-refractivity contribution in [2.75, 3.05) is 0 Å². The van der Waals surface area contributed by atoms with Gasteiger partial charge in [-0.3, -0.25) is 0 Å². The summed E-state index contributed by atoms with van der Waals surface area (Å²) in [4.78, 5) is 9.26. The third-order valence-corrected chi connectivity index (χ3v) is 4.86. The Hall–Kier alpha value is -2.62. The summed E-state index contributed by atoms with van der Waals surface area (Å²) in [5.74, 6) is 0.617. The summed E-state index contributed by atoms with van der Waals surface area (Å²) < 4.78 is 2.06. The molecule has 4 rings (SSSR count). The van der Waals surface area contributed by atoms with Crippen molar-refractivity contribution in [2.45, 2.75) is 6.54 Å². The van der Waals surface area contributed by atoms with Gasteiger partial charge in [0.05, 0.1) is 17.6 Å². The molecule has 0 aliphatic carbocycles. The van der Waals surface area contributed by atoms with E-state index in [1.54, 1.807) is 6.21 Å². The maximum absolute atomic E-state index is 6.35. The lowest BCUT2D eigenvalue weighted by molar-refractivity contribution is 0.827. The van der Waals surface area contributed by atoms with E-state index in [0.29, 0.717) is 17.5 Å². The van der Waals surface area contributed by atoms with Crippen molar-refractivity contribution < 1.29 is 0 Å². The first-order chi connectivity index (χ1) is 12.7. The van der Waals surface area contributed by atoms with Crippen LogP contribution in [0, 0.1) is 0 Å². The molecule has 0 N–H and O–H groups in total. The van der Waals surface area contributed by atoms with E-state index in [9.17, 15) is 0 Å². The molecule has 26 heavy (non-hydrogen) atoms. The summed E-state index contributed by atoms with van der Waals surface area (Å²) in [7, 11) is 0. The molecule has 0 aliphatic rings. The lowest BCUT2D eigenvalue weighted by atomic mass is 10.2. The first-order valence-corrected chi connectivity index (χ1v) is 8.95. The van der Waals surface area contributed by atoms with Gasteiger partial charge in [0.25, 0.3) is 0 Å². The second-order valence-electron chi connectivity index (χ2n) is 5.86. The zero-order valence-electron chi connectivity index (χ0n) is 13.8. The fourth-order valence-electron chi connectivity index (χ4n) is 2.82. The summed E-state index contributed by atoms with van der Waals surface area (Å²) in [6, 6.07) is 23.4. The molecule has 0 spiro atoms. The standard InChI is InChI=1S/C21H15Cl2N3/c22-17-9-3-1-7-15(17)13-24-21-25-19-11-5-6-12-20(19)26(21)14-16-8-2-4-10-18(16)23/h1-13H,14H2/b24-13+. The number of nitrogens with zero attached hydrogens (tertiary/aromatic N) is 3. The van der Waals surface area contributed by atoms with Gasteiger partial charge < -0.3 is 4.57 Å². The van der Waals surface area contributed by atoms with Gasteiger partial charge in [0.2, 0.25) is 5.95 Å². The quantitative estimate of drug-likeness (QED) is 0.391. The van der Waals surface area contributed by atoms with Crippen LogP contribution in [-0.4, -0.2) is 15.8 Å². The van der Waals surface area contributed by atoms with Crippen molar-refractivity contribution in [3.63, 3.8) is 0 Å². The Morgan fingerprint density at radius 1 is 0.846 bits per heavy atom. The summed E-state index contributed by atoms with van der Waals surface area (Å²) >= 11 is 12.6. The minimum absolute atomic E-state index is 0.593. The predicted octanol–water partition coefficient (Wildman–Crippen LogP) is 6.14. The van der Waals surface area contributed by atoms with Crippen LogP contribution in [0.1, 0.15) is 11.1 Å². The first-order valence-electron chi connectivity index (χ1n) is 8.19. The molecular weight excluding hydrogens is 365 g/mol. The molecule has 5 heteroatoms. The van der Waals surface area contributed by atoms with Crippen LogP contribution in [0.2, 0.25) is 10.0 Å². The van der Waals surface area contributed by atoms with E-state index in [1.807, 2.05) is 72.8 Å². The topological polar surface area (TPSA) is 30.2 Å². The van der Waals surface area contributed by atoms with E-state index < -0.39 is 0 Å². The smallest absolute Gasteiger partial charge is 0.230 e. The number of fused-ring (bicyclic) bond motifs is 1. The highest BCUT2D eigenvalue weighted by Gasteiger charge is 2.11. The van der Waals surface area contributed by atoms with Gasteiger partial charge in [-0.15, -0.1) is 0 Å². The van der Waals surface area contributed by atoms with Gasteiger partial charge >= 0.3 is 0 Å².